The van der Waals surface area contributed by atoms with Gasteiger partial charge in [-0.15, -0.1) is 20.4 Å². The average Bonchev–Trinajstić information content (AvgIpc) is 3.55. The zero-order valence-electron chi connectivity index (χ0n) is 21.5. The minimum atomic E-state index is -1.22. The highest BCUT2D eigenvalue weighted by atomic mass is 32.2. The molecule has 12 nitrogen and oxygen atoms in total. The van der Waals surface area contributed by atoms with Crippen molar-refractivity contribution in [1.82, 2.24) is 20.4 Å². The van der Waals surface area contributed by atoms with Crippen LogP contribution in [0.15, 0.2) is 45.1 Å². The number of nitrogens with zero attached hydrogens (tertiary/aromatic N) is 4. The topological polar surface area (TPSA) is 184 Å². The third kappa shape index (κ3) is 8.56. The van der Waals surface area contributed by atoms with Gasteiger partial charge in [-0.05, 0) is 55.7 Å². The summed E-state index contributed by atoms with van der Waals surface area (Å²) in [7, 11) is 0. The van der Waals surface area contributed by atoms with Crippen molar-refractivity contribution in [1.29, 1.82) is 0 Å². The maximum Gasteiger partial charge on any atom is 0.337 e. The van der Waals surface area contributed by atoms with E-state index in [2.05, 4.69) is 31.0 Å². The zero-order valence-corrected chi connectivity index (χ0v) is 24.8. The monoisotopic (exact) mass is 630 g/mol. The van der Waals surface area contributed by atoms with Crippen LogP contribution in [0.5, 0.6) is 0 Å². The van der Waals surface area contributed by atoms with Crippen LogP contribution < -0.4 is 10.6 Å². The van der Waals surface area contributed by atoms with E-state index in [1.54, 1.807) is 12.1 Å². The lowest BCUT2D eigenvalue weighted by atomic mass is 9.99. The van der Waals surface area contributed by atoms with Gasteiger partial charge >= 0.3 is 11.9 Å². The van der Waals surface area contributed by atoms with Crippen molar-refractivity contribution < 1.29 is 29.4 Å². The van der Waals surface area contributed by atoms with Crippen molar-refractivity contribution in [3.05, 3.63) is 68.7 Å². The van der Waals surface area contributed by atoms with Crippen LogP contribution >= 0.6 is 46.2 Å². The van der Waals surface area contributed by atoms with E-state index in [1.807, 2.05) is 13.8 Å². The molecule has 4 rings (SSSR count). The highest BCUT2D eigenvalue weighted by Crippen LogP contribution is 2.26. The number of aromatic carboxylic acids is 2. The zero-order chi connectivity index (χ0) is 29.5. The van der Waals surface area contributed by atoms with Crippen molar-refractivity contribution in [3.8, 4) is 0 Å². The Bertz CT molecular complexity index is 1500. The van der Waals surface area contributed by atoms with Crippen LogP contribution in [0, 0.1) is 13.8 Å². The van der Waals surface area contributed by atoms with E-state index in [9.17, 15) is 29.4 Å². The molecule has 0 bridgehead atoms. The number of carbonyl (C=O) groups is 4. The Morgan fingerprint density at radius 3 is 1.46 bits per heavy atom. The molecule has 0 saturated heterocycles. The number of carboxylic acid groups (broad SMARTS) is 2. The van der Waals surface area contributed by atoms with Crippen molar-refractivity contribution in [2.75, 3.05) is 22.1 Å². The number of aryl methyl sites for hydroxylation is 2. The van der Waals surface area contributed by atoms with Gasteiger partial charge < -0.3 is 20.8 Å². The first kappa shape index (κ1) is 30.1. The summed E-state index contributed by atoms with van der Waals surface area (Å²) in [5.74, 6) is -3.15. The lowest BCUT2D eigenvalue weighted by Crippen LogP contribution is -2.17. The van der Waals surface area contributed by atoms with E-state index in [4.69, 9.17) is 0 Å². The number of hydrogen-bond donors (Lipinski definition) is 4. The molecule has 0 atom stereocenters. The SMILES string of the molecule is Cc1nnc(SCC(=O)Nc2ccc(Cc3ccc(NC(=O)CSc4nnc(C)s4)c(C(=O)O)c3)cc2C(=O)O)s1. The molecular formula is C25H22N6O6S4. The molecule has 0 aliphatic heterocycles. The summed E-state index contributed by atoms with van der Waals surface area (Å²) < 4.78 is 1.28. The molecule has 2 amide bonds. The number of hydrogen-bond acceptors (Lipinski definition) is 12. The van der Waals surface area contributed by atoms with Gasteiger partial charge in [0, 0.05) is 0 Å². The smallest absolute Gasteiger partial charge is 0.337 e. The maximum atomic E-state index is 12.4. The number of thioether (sulfide) groups is 2. The summed E-state index contributed by atoms with van der Waals surface area (Å²) in [6, 6.07) is 9.18. The Morgan fingerprint density at radius 1 is 0.707 bits per heavy atom. The molecule has 2 aromatic heterocycles. The molecule has 0 fully saturated rings. The summed E-state index contributed by atoms with van der Waals surface area (Å²) in [6.45, 7) is 3.61. The van der Waals surface area contributed by atoms with Crippen LogP contribution in [0.2, 0.25) is 0 Å². The Morgan fingerprint density at radius 2 is 1.12 bits per heavy atom. The third-order valence-electron chi connectivity index (χ3n) is 5.25. The second-order valence-electron chi connectivity index (χ2n) is 8.39. The Hall–Kier alpha value is -3.86. The molecule has 0 saturated carbocycles. The molecule has 0 aliphatic carbocycles. The van der Waals surface area contributed by atoms with Gasteiger partial charge in [-0.1, -0.05) is 58.3 Å². The molecule has 212 valence electrons. The van der Waals surface area contributed by atoms with E-state index in [1.165, 1.54) is 70.5 Å². The molecule has 0 aliphatic rings. The van der Waals surface area contributed by atoms with Crippen molar-refractivity contribution >= 4 is 81.3 Å². The highest BCUT2D eigenvalue weighted by molar-refractivity contribution is 8.01. The maximum absolute atomic E-state index is 12.4. The average molecular weight is 631 g/mol. The van der Waals surface area contributed by atoms with E-state index in [0.717, 1.165) is 10.0 Å². The largest absolute Gasteiger partial charge is 0.478 e. The molecule has 2 heterocycles. The first-order chi connectivity index (χ1) is 19.6. The van der Waals surface area contributed by atoms with Crippen LogP contribution in [0.1, 0.15) is 41.9 Å². The molecular weight excluding hydrogens is 609 g/mol. The summed E-state index contributed by atoms with van der Waals surface area (Å²) in [6.07, 6.45) is 0.224. The summed E-state index contributed by atoms with van der Waals surface area (Å²) in [5.41, 5.74) is 1.28. The fraction of sp³-hybridized carbons (Fsp3) is 0.200. The number of rotatable bonds is 12. The molecule has 4 N–H and O–H groups in total. The normalized spacial score (nSPS) is 10.8. The van der Waals surface area contributed by atoms with Crippen LogP contribution in [-0.4, -0.2) is 65.9 Å². The third-order valence-corrected chi connectivity index (χ3v) is 9.20. The highest BCUT2D eigenvalue weighted by Gasteiger charge is 2.17. The summed E-state index contributed by atoms with van der Waals surface area (Å²) in [4.78, 5) is 48.7. The van der Waals surface area contributed by atoms with Crippen molar-refractivity contribution in [3.63, 3.8) is 0 Å². The predicted octanol–water partition coefficient (Wildman–Crippen LogP) is 4.46. The first-order valence-electron chi connectivity index (χ1n) is 11.8. The van der Waals surface area contributed by atoms with Crippen LogP contribution in [-0.2, 0) is 16.0 Å². The van der Waals surface area contributed by atoms with E-state index < -0.39 is 23.8 Å². The molecule has 0 unspecified atom stereocenters. The minimum Gasteiger partial charge on any atom is -0.478 e. The standard InChI is InChI=1S/C25H22N6O6S4/c1-12-28-30-24(40-12)38-10-20(32)26-18-5-3-14(8-16(18)22(34)35)7-15-4-6-19(17(9-15)23(36)37)27-21(33)11-39-25-31-29-13(2)41-25/h3-6,8-9H,7,10-11H2,1-2H3,(H,26,32)(H,27,33)(H,34,35)(H,36,37). The number of anilines is 2. The van der Waals surface area contributed by atoms with E-state index in [0.29, 0.717) is 19.8 Å². The number of nitrogens with one attached hydrogen (secondary N) is 2. The lowest BCUT2D eigenvalue weighted by Gasteiger charge is -2.12. The van der Waals surface area contributed by atoms with Crippen LogP contribution in [0.25, 0.3) is 0 Å². The molecule has 41 heavy (non-hydrogen) atoms. The summed E-state index contributed by atoms with van der Waals surface area (Å²) >= 11 is 5.13. The fourth-order valence-corrected chi connectivity index (χ4v) is 6.74. The van der Waals surface area contributed by atoms with Crippen LogP contribution in [0.3, 0.4) is 0 Å². The van der Waals surface area contributed by atoms with Gasteiger partial charge in [0.2, 0.25) is 11.8 Å². The molecule has 16 heteroatoms. The number of carboxylic acids is 2. The Labute approximate surface area is 250 Å². The van der Waals surface area contributed by atoms with Crippen molar-refractivity contribution in [2.24, 2.45) is 0 Å². The number of amides is 2. The van der Waals surface area contributed by atoms with Gasteiger partial charge in [0.05, 0.1) is 34.0 Å². The van der Waals surface area contributed by atoms with E-state index in [-0.39, 0.29) is 40.4 Å². The molecule has 2 aromatic carbocycles. The first-order valence-corrected chi connectivity index (χ1v) is 15.4. The number of aromatic nitrogens is 4. The molecule has 0 radical (unpaired) electrons. The van der Waals surface area contributed by atoms with E-state index >= 15 is 0 Å². The number of carbonyl (C=O) groups excluding carboxylic acids is 2. The molecule has 0 spiro atoms. The second-order valence-corrected chi connectivity index (χ2v) is 13.2. The van der Waals surface area contributed by atoms with Gasteiger partial charge in [-0.2, -0.15) is 0 Å². The summed E-state index contributed by atoms with van der Waals surface area (Å²) in [5, 5.41) is 41.9. The fourth-order valence-electron chi connectivity index (χ4n) is 3.51. The van der Waals surface area contributed by atoms with Gasteiger partial charge in [0.25, 0.3) is 0 Å². The Kier molecular flexibility index (Phi) is 10.0. The minimum absolute atomic E-state index is 0.0385. The van der Waals surface area contributed by atoms with Gasteiger partial charge in [0.1, 0.15) is 10.0 Å². The van der Waals surface area contributed by atoms with Crippen LogP contribution in [0.4, 0.5) is 11.4 Å². The Balaban J connectivity index is 1.42. The predicted molar refractivity (Wildman–Crippen MR) is 158 cm³/mol. The van der Waals surface area contributed by atoms with Crippen molar-refractivity contribution in [2.45, 2.75) is 28.9 Å². The quantitative estimate of drug-likeness (QED) is 0.161. The number of benzene rings is 2. The van der Waals surface area contributed by atoms with Gasteiger partial charge in [0.15, 0.2) is 8.68 Å². The second kappa shape index (κ2) is 13.7. The van der Waals surface area contributed by atoms with Gasteiger partial charge in [-0.3, -0.25) is 9.59 Å². The lowest BCUT2D eigenvalue weighted by molar-refractivity contribution is -0.114. The molecule has 4 aromatic rings. The van der Waals surface area contributed by atoms with Gasteiger partial charge in [-0.25, -0.2) is 9.59 Å².